The molecule has 1 aliphatic carbocycles. The molecule has 0 unspecified atom stereocenters. The fourth-order valence-corrected chi connectivity index (χ4v) is 2.63. The van der Waals surface area contributed by atoms with Gasteiger partial charge in [-0.15, -0.1) is 12.4 Å². The zero-order valence-corrected chi connectivity index (χ0v) is 11.1. The maximum absolute atomic E-state index is 6.45. The summed E-state index contributed by atoms with van der Waals surface area (Å²) in [7, 11) is 1.75. The molecule has 2 nitrogen and oxygen atoms in total. The van der Waals surface area contributed by atoms with Crippen LogP contribution in [0.2, 0.25) is 0 Å². The first kappa shape index (κ1) is 13.5. The lowest BCUT2D eigenvalue weighted by molar-refractivity contribution is -0.0171. The van der Waals surface area contributed by atoms with E-state index in [1.807, 2.05) is 12.1 Å². The minimum atomic E-state index is -0.329. The summed E-state index contributed by atoms with van der Waals surface area (Å²) in [6, 6.07) is 8.31. The molecular weight excluding hydrogens is 222 g/mol. The van der Waals surface area contributed by atoms with E-state index in [1.54, 1.807) is 7.11 Å². The van der Waals surface area contributed by atoms with Gasteiger partial charge in [0.2, 0.25) is 0 Å². The van der Waals surface area contributed by atoms with E-state index >= 15 is 0 Å². The highest BCUT2D eigenvalue weighted by Gasteiger charge is 2.53. The van der Waals surface area contributed by atoms with Crippen molar-refractivity contribution in [3.8, 4) is 0 Å². The van der Waals surface area contributed by atoms with Crippen LogP contribution in [0.4, 0.5) is 0 Å². The number of nitrogens with two attached hydrogens (primary N) is 1. The smallest absolute Gasteiger partial charge is 0.0896 e. The highest BCUT2D eigenvalue weighted by atomic mass is 35.5. The van der Waals surface area contributed by atoms with Gasteiger partial charge < -0.3 is 10.5 Å². The maximum Gasteiger partial charge on any atom is 0.0896 e. The van der Waals surface area contributed by atoms with E-state index in [9.17, 15) is 0 Å². The largest absolute Gasteiger partial charge is 0.376 e. The second-order valence-corrected chi connectivity index (χ2v) is 5.13. The van der Waals surface area contributed by atoms with E-state index in [0.29, 0.717) is 0 Å². The third kappa shape index (κ3) is 1.48. The second-order valence-electron chi connectivity index (χ2n) is 5.13. The summed E-state index contributed by atoms with van der Waals surface area (Å²) in [5, 5.41) is 0. The van der Waals surface area contributed by atoms with Gasteiger partial charge >= 0.3 is 0 Å². The number of ether oxygens (including phenoxy) is 1. The summed E-state index contributed by atoms with van der Waals surface area (Å²) < 4.78 is 5.61. The number of halogens is 1. The highest BCUT2D eigenvalue weighted by molar-refractivity contribution is 5.85. The summed E-state index contributed by atoms with van der Waals surface area (Å²) in [6.45, 7) is 6.42. The average molecular weight is 242 g/mol. The Balaban J connectivity index is 0.00000128. The Morgan fingerprint density at radius 1 is 1.19 bits per heavy atom. The minimum absolute atomic E-state index is 0. The lowest BCUT2D eigenvalue weighted by Gasteiger charge is -2.38. The Labute approximate surface area is 104 Å². The van der Waals surface area contributed by atoms with Gasteiger partial charge in [-0.25, -0.2) is 0 Å². The van der Waals surface area contributed by atoms with Crippen molar-refractivity contribution in [2.75, 3.05) is 7.11 Å². The van der Waals surface area contributed by atoms with E-state index < -0.39 is 0 Å². The van der Waals surface area contributed by atoms with Gasteiger partial charge in [-0.2, -0.15) is 0 Å². The summed E-state index contributed by atoms with van der Waals surface area (Å²) >= 11 is 0. The average Bonchev–Trinajstić information content (AvgIpc) is 2.32. The van der Waals surface area contributed by atoms with Crippen LogP contribution in [-0.4, -0.2) is 7.11 Å². The van der Waals surface area contributed by atoms with Gasteiger partial charge in [0, 0.05) is 18.1 Å². The molecule has 1 aliphatic rings. The number of hydrogen-bond donors (Lipinski definition) is 1. The zero-order chi connectivity index (χ0) is 11.3. The molecule has 3 heteroatoms. The monoisotopic (exact) mass is 241 g/mol. The van der Waals surface area contributed by atoms with Crippen LogP contribution in [0.15, 0.2) is 24.3 Å². The van der Waals surface area contributed by atoms with Gasteiger partial charge in [-0.05, 0) is 18.1 Å². The molecule has 2 atom stereocenters. The molecule has 0 amide bonds. The Morgan fingerprint density at radius 3 is 2.31 bits per heavy atom. The van der Waals surface area contributed by atoms with Gasteiger partial charge in [0.05, 0.1) is 6.10 Å². The molecule has 0 aliphatic heterocycles. The van der Waals surface area contributed by atoms with Gasteiger partial charge in [0.15, 0.2) is 0 Å². The number of hydrogen-bond acceptors (Lipinski definition) is 2. The van der Waals surface area contributed by atoms with Crippen LogP contribution in [0, 0.1) is 5.41 Å². The maximum atomic E-state index is 6.45. The molecule has 0 saturated carbocycles. The minimum Gasteiger partial charge on any atom is -0.376 e. The van der Waals surface area contributed by atoms with Crippen LogP contribution in [0.5, 0.6) is 0 Å². The fraction of sp³-hybridized carbons (Fsp3) is 0.538. The van der Waals surface area contributed by atoms with Crippen LogP contribution < -0.4 is 5.73 Å². The molecule has 0 fully saturated rings. The van der Waals surface area contributed by atoms with Crippen molar-refractivity contribution in [3.05, 3.63) is 35.4 Å². The summed E-state index contributed by atoms with van der Waals surface area (Å²) in [4.78, 5) is 0. The predicted molar refractivity (Wildman–Crippen MR) is 68.8 cm³/mol. The Morgan fingerprint density at radius 2 is 1.75 bits per heavy atom. The molecule has 0 radical (unpaired) electrons. The molecule has 0 bridgehead atoms. The molecular formula is C13H20ClNO. The van der Waals surface area contributed by atoms with Crippen LogP contribution >= 0.6 is 12.4 Å². The van der Waals surface area contributed by atoms with Crippen LogP contribution in [0.1, 0.15) is 38.0 Å². The Hall–Kier alpha value is -0.570. The van der Waals surface area contributed by atoms with Crippen molar-refractivity contribution in [2.24, 2.45) is 11.1 Å². The summed E-state index contributed by atoms with van der Waals surface area (Å²) in [5.74, 6) is 0. The molecule has 2 N–H and O–H groups in total. The van der Waals surface area contributed by atoms with Crippen molar-refractivity contribution >= 4 is 12.4 Å². The SMILES string of the molecule is CO[C@@H]1c2ccccc2[C@](C)(N)C1(C)C.Cl. The quantitative estimate of drug-likeness (QED) is 0.821. The van der Waals surface area contributed by atoms with Crippen LogP contribution in [0.25, 0.3) is 0 Å². The highest BCUT2D eigenvalue weighted by Crippen LogP contribution is 2.55. The fourth-order valence-electron chi connectivity index (χ4n) is 2.63. The molecule has 0 heterocycles. The second kappa shape index (κ2) is 4.02. The summed E-state index contributed by atoms with van der Waals surface area (Å²) in [6.07, 6.45) is 0.0868. The van der Waals surface area contributed by atoms with Crippen molar-refractivity contribution in [1.29, 1.82) is 0 Å². The van der Waals surface area contributed by atoms with Gasteiger partial charge in [0.25, 0.3) is 0 Å². The standard InChI is InChI=1S/C13H19NO.ClH/c1-12(2)11(15-4)9-7-5-6-8-10(9)13(12,3)14;/h5-8,11H,14H2,1-4H3;1H/t11-,13+;/m1./s1. The first-order valence-electron chi connectivity index (χ1n) is 5.34. The number of benzene rings is 1. The lowest BCUT2D eigenvalue weighted by Crippen LogP contribution is -2.45. The van der Waals surface area contributed by atoms with Crippen molar-refractivity contribution in [1.82, 2.24) is 0 Å². The lowest BCUT2D eigenvalue weighted by atomic mass is 9.73. The van der Waals surface area contributed by atoms with E-state index in [0.717, 1.165) is 0 Å². The normalized spacial score (nSPS) is 30.7. The zero-order valence-electron chi connectivity index (χ0n) is 10.3. The van der Waals surface area contributed by atoms with Crippen molar-refractivity contribution in [2.45, 2.75) is 32.4 Å². The number of fused-ring (bicyclic) bond motifs is 1. The molecule has 1 aromatic rings. The van der Waals surface area contributed by atoms with Gasteiger partial charge in [-0.1, -0.05) is 38.1 Å². The van der Waals surface area contributed by atoms with E-state index in [1.165, 1.54) is 11.1 Å². The molecule has 0 spiro atoms. The van der Waals surface area contributed by atoms with E-state index in [4.69, 9.17) is 10.5 Å². The van der Waals surface area contributed by atoms with E-state index in [-0.39, 0.29) is 29.5 Å². The molecule has 16 heavy (non-hydrogen) atoms. The Bertz CT molecular complexity index is 387. The number of rotatable bonds is 1. The molecule has 90 valence electrons. The third-order valence-electron chi connectivity index (χ3n) is 4.03. The Kier molecular flexibility index (Phi) is 3.39. The molecule has 0 saturated heterocycles. The summed E-state index contributed by atoms with van der Waals surface area (Å²) in [5.41, 5.74) is 8.49. The molecule has 0 aromatic heterocycles. The topological polar surface area (TPSA) is 35.2 Å². The van der Waals surface area contributed by atoms with Crippen molar-refractivity contribution < 1.29 is 4.74 Å². The van der Waals surface area contributed by atoms with E-state index in [2.05, 4.69) is 32.9 Å². The van der Waals surface area contributed by atoms with Crippen LogP contribution in [0.3, 0.4) is 0 Å². The van der Waals surface area contributed by atoms with Crippen molar-refractivity contribution in [3.63, 3.8) is 0 Å². The predicted octanol–water partition coefficient (Wildman–Crippen LogP) is 3.01. The van der Waals surface area contributed by atoms with Crippen LogP contribution in [-0.2, 0) is 10.3 Å². The molecule has 1 aromatic carbocycles. The first-order chi connectivity index (χ1) is 6.93. The first-order valence-corrected chi connectivity index (χ1v) is 5.34. The van der Waals surface area contributed by atoms with Gasteiger partial charge in [-0.3, -0.25) is 0 Å². The molecule has 2 rings (SSSR count). The number of methoxy groups -OCH3 is 1. The van der Waals surface area contributed by atoms with Gasteiger partial charge in [0.1, 0.15) is 0 Å². The third-order valence-corrected chi connectivity index (χ3v) is 4.03.